The molecule has 0 aliphatic heterocycles. The summed E-state index contributed by atoms with van der Waals surface area (Å²) in [4.78, 5) is 73.8. The van der Waals surface area contributed by atoms with Gasteiger partial charge >= 0.3 is 35.8 Å². The van der Waals surface area contributed by atoms with E-state index in [4.69, 9.17) is 23.7 Å². The fraction of sp³-hybridized carbons (Fsp3) is 0.447. The Balaban J connectivity index is 1.95. The molecule has 0 bridgehead atoms. The van der Waals surface area contributed by atoms with Crippen LogP contribution in [-0.4, -0.2) is 76.5 Å². The van der Waals surface area contributed by atoms with Gasteiger partial charge in [-0.2, -0.15) is 0 Å². The first kappa shape index (κ1) is 49.3. The van der Waals surface area contributed by atoms with Crippen LogP contribution in [0.25, 0.3) is 11.1 Å². The summed E-state index contributed by atoms with van der Waals surface area (Å²) < 4.78 is 53.0. The van der Waals surface area contributed by atoms with Gasteiger partial charge in [0.2, 0.25) is 0 Å². The summed E-state index contributed by atoms with van der Waals surface area (Å²) in [6.07, 6.45) is 13.7. The van der Waals surface area contributed by atoms with E-state index in [1.807, 2.05) is 6.07 Å². The third kappa shape index (κ3) is 16.5. The lowest BCUT2D eigenvalue weighted by Gasteiger charge is -2.31. The van der Waals surface area contributed by atoms with Gasteiger partial charge in [0.1, 0.15) is 49.2 Å². The van der Waals surface area contributed by atoms with Crippen molar-refractivity contribution >= 4 is 35.8 Å². The molecule has 0 spiro atoms. The zero-order chi connectivity index (χ0) is 45.0. The zero-order valence-corrected chi connectivity index (χ0v) is 35.7. The van der Waals surface area contributed by atoms with Gasteiger partial charge in [-0.25, -0.2) is 33.2 Å². The number of carbonyl (C=O) groups excluding carboxylic acids is 6. The van der Waals surface area contributed by atoms with E-state index in [0.29, 0.717) is 5.92 Å². The van der Waals surface area contributed by atoms with Gasteiger partial charge in [-0.05, 0) is 75.1 Å². The molecular weight excluding hydrogens is 792 g/mol. The summed E-state index contributed by atoms with van der Waals surface area (Å²) in [5.74, 6) is -4.81. The topological polar surface area (TPSA) is 167 Å². The van der Waals surface area contributed by atoms with Crippen LogP contribution in [0.3, 0.4) is 0 Å². The lowest BCUT2D eigenvalue weighted by Crippen LogP contribution is -2.44. The third-order valence-electron chi connectivity index (χ3n) is 10.1. The van der Waals surface area contributed by atoms with Crippen LogP contribution in [0.15, 0.2) is 85.0 Å². The largest absolute Gasteiger partial charge is 0.492 e. The molecule has 1 aliphatic carbocycles. The summed E-state index contributed by atoms with van der Waals surface area (Å²) in [7, 11) is 2.23. The Morgan fingerprint density at radius 3 is 1.79 bits per heavy atom. The number of benzene rings is 2. The molecule has 0 atom stereocenters. The molecule has 0 radical (unpaired) electrons. The second-order valence-electron chi connectivity index (χ2n) is 15.2. The monoisotopic (exact) mass is 848 g/mol. The highest BCUT2D eigenvalue weighted by atomic mass is 19.1. The molecule has 1 saturated carbocycles. The van der Waals surface area contributed by atoms with Crippen LogP contribution in [0.1, 0.15) is 90.0 Å². The van der Waals surface area contributed by atoms with Gasteiger partial charge in [0, 0.05) is 52.6 Å². The van der Waals surface area contributed by atoms with E-state index in [9.17, 15) is 28.8 Å². The number of halogens is 1. The van der Waals surface area contributed by atoms with Crippen molar-refractivity contribution in [3.63, 3.8) is 0 Å². The van der Waals surface area contributed by atoms with Gasteiger partial charge in [0.15, 0.2) is 0 Å². The summed E-state index contributed by atoms with van der Waals surface area (Å²) >= 11 is 0. The van der Waals surface area contributed by atoms with Gasteiger partial charge in [-0.1, -0.05) is 64.3 Å². The molecule has 330 valence electrons. The van der Waals surface area contributed by atoms with Gasteiger partial charge in [0.25, 0.3) is 0 Å². The van der Waals surface area contributed by atoms with E-state index in [2.05, 4.69) is 29.6 Å². The van der Waals surface area contributed by atoms with E-state index in [-0.39, 0.29) is 39.7 Å². The van der Waals surface area contributed by atoms with E-state index in [1.54, 1.807) is 12.1 Å². The molecule has 3 rings (SSSR count). The van der Waals surface area contributed by atoms with Crippen molar-refractivity contribution in [1.82, 2.24) is 0 Å². The number of hydrogen-bond acceptors (Lipinski definition) is 13. The van der Waals surface area contributed by atoms with E-state index >= 15 is 4.39 Å². The number of unbranched alkanes of at least 4 members (excludes halogenated alkanes) is 3. The number of ether oxygens (including phenoxy) is 7. The van der Waals surface area contributed by atoms with Crippen molar-refractivity contribution in [1.29, 1.82) is 0 Å². The Hall–Kier alpha value is -6.05. The molecule has 14 heteroatoms. The van der Waals surface area contributed by atoms with Crippen LogP contribution in [0.5, 0.6) is 11.5 Å². The standard InChI is InChI=1S/C47H57FO13/c1-8-9-10-11-12-33-13-15-34(16-14-33)35-17-19-37(39(48)25-35)38-20-18-36(26-40(38)61-46(54)32(4)5)57-27-47(30-60-45(53)31(2)3,28-58-43(51)23-21-41(49)55-6)29-59-44(52)24-22-42(50)56-7/h17-26,33-34H,2,4,8-16,27-30H2,1,3,5-7H3/b23-21+,24-22+. The number of carbonyl (C=O) groups is 6. The lowest BCUT2D eigenvalue weighted by molar-refractivity contribution is -0.159. The summed E-state index contributed by atoms with van der Waals surface area (Å²) in [5, 5.41) is 0. The average Bonchev–Trinajstić information content (AvgIpc) is 3.25. The second-order valence-corrected chi connectivity index (χ2v) is 15.2. The first-order chi connectivity index (χ1) is 29.1. The van der Waals surface area contributed by atoms with Crippen molar-refractivity contribution < 1.29 is 66.3 Å². The highest BCUT2D eigenvalue weighted by molar-refractivity contribution is 5.92. The van der Waals surface area contributed by atoms with Crippen molar-refractivity contribution in [3.05, 3.63) is 96.4 Å². The first-order valence-electron chi connectivity index (χ1n) is 20.2. The minimum Gasteiger partial charge on any atom is -0.492 e. The average molecular weight is 849 g/mol. The number of methoxy groups -OCH3 is 2. The SMILES string of the molecule is C=C(C)C(=O)OCC(COC(=O)/C=C/C(=O)OC)(COC(=O)/C=C/C(=O)OC)COc1ccc(-c2ccc(C3CCC(CCCCCC)CC3)cc2F)c(OC(=O)C(=C)C)c1. The molecular formula is C47H57FO13. The van der Waals surface area contributed by atoms with E-state index in [0.717, 1.165) is 69.8 Å². The second kappa shape index (κ2) is 24.9. The Morgan fingerprint density at radius 1 is 0.689 bits per heavy atom. The Bertz CT molecular complexity index is 1910. The molecule has 0 heterocycles. The molecule has 0 N–H and O–H groups in total. The van der Waals surface area contributed by atoms with Crippen molar-refractivity contribution in [2.75, 3.05) is 40.6 Å². The molecule has 0 aromatic heterocycles. The zero-order valence-electron chi connectivity index (χ0n) is 35.7. The van der Waals surface area contributed by atoms with Gasteiger partial charge < -0.3 is 33.2 Å². The summed E-state index contributed by atoms with van der Waals surface area (Å²) in [6.45, 7) is 10.0. The highest BCUT2D eigenvalue weighted by Crippen LogP contribution is 2.41. The predicted molar refractivity (Wildman–Crippen MR) is 224 cm³/mol. The Kier molecular flexibility index (Phi) is 20.1. The van der Waals surface area contributed by atoms with Crippen LogP contribution in [0.4, 0.5) is 4.39 Å². The molecule has 1 aliphatic rings. The maximum Gasteiger partial charge on any atom is 0.338 e. The number of rotatable bonds is 23. The maximum absolute atomic E-state index is 16.1. The van der Waals surface area contributed by atoms with Crippen LogP contribution < -0.4 is 9.47 Å². The molecule has 1 fully saturated rings. The third-order valence-corrected chi connectivity index (χ3v) is 10.1. The minimum atomic E-state index is -1.64. The van der Waals surface area contributed by atoms with Crippen LogP contribution in [-0.2, 0) is 52.5 Å². The van der Waals surface area contributed by atoms with Crippen LogP contribution in [0, 0.1) is 17.2 Å². The maximum atomic E-state index is 16.1. The fourth-order valence-electron chi connectivity index (χ4n) is 6.52. The van der Waals surface area contributed by atoms with Crippen molar-refractivity contribution in [2.45, 2.75) is 84.5 Å². The summed E-state index contributed by atoms with van der Waals surface area (Å²) in [5.41, 5.74) is -0.175. The predicted octanol–water partition coefficient (Wildman–Crippen LogP) is 8.25. The van der Waals surface area contributed by atoms with Crippen molar-refractivity contribution in [3.8, 4) is 22.6 Å². The van der Waals surface area contributed by atoms with Gasteiger partial charge in [0.05, 0.1) is 14.2 Å². The summed E-state index contributed by atoms with van der Waals surface area (Å²) in [6, 6.07) is 9.47. The lowest BCUT2D eigenvalue weighted by atomic mass is 9.77. The molecule has 0 saturated heterocycles. The highest BCUT2D eigenvalue weighted by Gasteiger charge is 2.37. The Labute approximate surface area is 356 Å². The number of esters is 6. The molecule has 61 heavy (non-hydrogen) atoms. The smallest absolute Gasteiger partial charge is 0.338 e. The molecule has 0 unspecified atom stereocenters. The van der Waals surface area contributed by atoms with E-state index < -0.39 is 73.5 Å². The van der Waals surface area contributed by atoms with Gasteiger partial charge in [-0.3, -0.25) is 0 Å². The molecule has 2 aromatic carbocycles. The molecule has 2 aromatic rings. The van der Waals surface area contributed by atoms with Crippen LogP contribution in [0.2, 0.25) is 0 Å². The normalized spacial score (nSPS) is 15.1. The molecule has 0 amide bonds. The minimum absolute atomic E-state index is 0.0335. The number of hydrogen-bond donors (Lipinski definition) is 0. The van der Waals surface area contributed by atoms with Crippen molar-refractivity contribution in [2.24, 2.45) is 11.3 Å². The van der Waals surface area contributed by atoms with E-state index in [1.165, 1.54) is 64.2 Å². The van der Waals surface area contributed by atoms with Gasteiger partial charge in [-0.15, -0.1) is 0 Å². The first-order valence-corrected chi connectivity index (χ1v) is 20.2. The Morgan fingerprint density at radius 2 is 1.25 bits per heavy atom. The quantitative estimate of drug-likeness (QED) is 0.0345. The van der Waals surface area contributed by atoms with Crippen LogP contribution >= 0.6 is 0 Å². The molecule has 13 nitrogen and oxygen atoms in total. The fourth-order valence-corrected chi connectivity index (χ4v) is 6.52.